The van der Waals surface area contributed by atoms with Crippen LogP contribution in [0.3, 0.4) is 0 Å². The summed E-state index contributed by atoms with van der Waals surface area (Å²) < 4.78 is 5.33. The van der Waals surface area contributed by atoms with Gasteiger partial charge >= 0.3 is 0 Å². The SMILES string of the molecule is CC1CCC(C(=O)NCCO)O1. The van der Waals surface area contributed by atoms with Crippen LogP contribution >= 0.6 is 0 Å². The van der Waals surface area contributed by atoms with Crippen molar-refractivity contribution in [3.8, 4) is 0 Å². The lowest BCUT2D eigenvalue weighted by Crippen LogP contribution is -2.36. The van der Waals surface area contributed by atoms with E-state index < -0.39 is 0 Å². The average Bonchev–Trinajstić information content (AvgIpc) is 2.47. The molecule has 1 fully saturated rings. The fraction of sp³-hybridized carbons (Fsp3) is 0.875. The molecular formula is C8H15NO3. The summed E-state index contributed by atoms with van der Waals surface area (Å²) in [5.74, 6) is -0.103. The molecule has 0 bridgehead atoms. The van der Waals surface area contributed by atoms with Gasteiger partial charge in [0, 0.05) is 6.54 Å². The molecule has 0 radical (unpaired) electrons. The molecule has 4 nitrogen and oxygen atoms in total. The lowest BCUT2D eigenvalue weighted by molar-refractivity contribution is -0.131. The zero-order valence-corrected chi connectivity index (χ0v) is 7.25. The van der Waals surface area contributed by atoms with Crippen LogP contribution in [-0.4, -0.2) is 36.4 Å². The third kappa shape index (κ3) is 2.46. The van der Waals surface area contributed by atoms with Crippen LogP contribution in [0, 0.1) is 0 Å². The summed E-state index contributed by atoms with van der Waals surface area (Å²) in [5, 5.41) is 11.0. The number of ether oxygens (including phenoxy) is 1. The Bertz CT molecular complexity index is 160. The first-order chi connectivity index (χ1) is 5.74. The van der Waals surface area contributed by atoms with E-state index in [1.165, 1.54) is 0 Å². The summed E-state index contributed by atoms with van der Waals surface area (Å²) in [6.07, 6.45) is 1.62. The molecule has 0 aromatic carbocycles. The van der Waals surface area contributed by atoms with Crippen molar-refractivity contribution in [2.75, 3.05) is 13.2 Å². The van der Waals surface area contributed by atoms with E-state index in [1.54, 1.807) is 0 Å². The third-order valence-corrected chi connectivity index (χ3v) is 1.94. The molecule has 1 rings (SSSR count). The van der Waals surface area contributed by atoms with Crippen LogP contribution in [0.25, 0.3) is 0 Å². The number of hydrogen-bond donors (Lipinski definition) is 2. The maximum absolute atomic E-state index is 11.2. The molecule has 1 aliphatic heterocycles. The summed E-state index contributed by atoms with van der Waals surface area (Å²) >= 11 is 0. The third-order valence-electron chi connectivity index (χ3n) is 1.94. The van der Waals surface area contributed by atoms with Gasteiger partial charge in [0.1, 0.15) is 6.10 Å². The zero-order chi connectivity index (χ0) is 8.97. The Morgan fingerprint density at radius 3 is 2.92 bits per heavy atom. The highest BCUT2D eigenvalue weighted by Gasteiger charge is 2.27. The molecule has 12 heavy (non-hydrogen) atoms. The van der Waals surface area contributed by atoms with Gasteiger partial charge in [-0.05, 0) is 19.8 Å². The molecule has 1 amide bonds. The van der Waals surface area contributed by atoms with Gasteiger partial charge in [-0.15, -0.1) is 0 Å². The van der Waals surface area contributed by atoms with Crippen molar-refractivity contribution in [3.63, 3.8) is 0 Å². The molecule has 0 aromatic rings. The molecule has 0 aromatic heterocycles. The Kier molecular flexibility index (Phi) is 3.49. The highest BCUT2D eigenvalue weighted by Crippen LogP contribution is 2.18. The number of rotatable bonds is 3. The molecule has 4 heteroatoms. The van der Waals surface area contributed by atoms with Gasteiger partial charge in [-0.3, -0.25) is 4.79 Å². The summed E-state index contributed by atoms with van der Waals surface area (Å²) in [6, 6.07) is 0. The van der Waals surface area contributed by atoms with Crippen LogP contribution in [-0.2, 0) is 9.53 Å². The summed E-state index contributed by atoms with van der Waals surface area (Å²) in [6.45, 7) is 2.25. The molecule has 0 saturated carbocycles. The number of aliphatic hydroxyl groups is 1. The fourth-order valence-electron chi connectivity index (χ4n) is 1.29. The topological polar surface area (TPSA) is 58.6 Å². The van der Waals surface area contributed by atoms with Crippen molar-refractivity contribution in [1.82, 2.24) is 5.32 Å². The van der Waals surface area contributed by atoms with Gasteiger partial charge in [0.15, 0.2) is 0 Å². The standard InChI is InChI=1S/C8H15NO3/c1-6-2-3-7(12-6)8(11)9-4-5-10/h6-7,10H,2-5H2,1H3,(H,9,11). The lowest BCUT2D eigenvalue weighted by atomic mass is 10.2. The number of carbonyl (C=O) groups is 1. The smallest absolute Gasteiger partial charge is 0.249 e. The summed E-state index contributed by atoms with van der Waals surface area (Å²) in [7, 11) is 0. The van der Waals surface area contributed by atoms with Crippen LogP contribution in [0.4, 0.5) is 0 Å². The van der Waals surface area contributed by atoms with E-state index in [2.05, 4.69) is 5.32 Å². The van der Waals surface area contributed by atoms with Crippen LogP contribution in [0.5, 0.6) is 0 Å². The molecular weight excluding hydrogens is 158 g/mol. The van der Waals surface area contributed by atoms with Crippen molar-refractivity contribution in [2.24, 2.45) is 0 Å². The van der Waals surface area contributed by atoms with E-state index in [4.69, 9.17) is 9.84 Å². The molecule has 1 aliphatic rings. The van der Waals surface area contributed by atoms with Gasteiger partial charge in [0.05, 0.1) is 12.7 Å². The highest BCUT2D eigenvalue weighted by molar-refractivity contribution is 5.80. The minimum atomic E-state index is -0.299. The second-order valence-corrected chi connectivity index (χ2v) is 3.03. The van der Waals surface area contributed by atoms with Gasteiger partial charge in [-0.2, -0.15) is 0 Å². The van der Waals surface area contributed by atoms with Crippen molar-refractivity contribution in [2.45, 2.75) is 32.0 Å². The highest BCUT2D eigenvalue weighted by atomic mass is 16.5. The first-order valence-corrected chi connectivity index (χ1v) is 4.28. The number of carbonyl (C=O) groups excluding carboxylic acids is 1. The first kappa shape index (κ1) is 9.48. The second-order valence-electron chi connectivity index (χ2n) is 3.03. The lowest BCUT2D eigenvalue weighted by Gasteiger charge is -2.10. The van der Waals surface area contributed by atoms with Gasteiger partial charge in [-0.1, -0.05) is 0 Å². The van der Waals surface area contributed by atoms with E-state index in [0.29, 0.717) is 6.54 Å². The predicted molar refractivity (Wildman–Crippen MR) is 43.7 cm³/mol. The van der Waals surface area contributed by atoms with Crippen molar-refractivity contribution < 1.29 is 14.6 Å². The molecule has 2 atom stereocenters. The molecule has 1 heterocycles. The van der Waals surface area contributed by atoms with Crippen molar-refractivity contribution >= 4 is 5.91 Å². The largest absolute Gasteiger partial charge is 0.395 e. The number of hydrogen-bond acceptors (Lipinski definition) is 3. The van der Waals surface area contributed by atoms with Crippen molar-refractivity contribution in [3.05, 3.63) is 0 Å². The Balaban J connectivity index is 2.23. The van der Waals surface area contributed by atoms with E-state index in [9.17, 15) is 4.79 Å². The average molecular weight is 173 g/mol. The van der Waals surface area contributed by atoms with Crippen LogP contribution in [0.15, 0.2) is 0 Å². The molecule has 2 unspecified atom stereocenters. The molecule has 0 aliphatic carbocycles. The van der Waals surface area contributed by atoms with Crippen molar-refractivity contribution in [1.29, 1.82) is 0 Å². The Labute approximate surface area is 71.9 Å². The van der Waals surface area contributed by atoms with E-state index in [-0.39, 0.29) is 24.7 Å². The van der Waals surface area contributed by atoms with Crippen LogP contribution in [0.2, 0.25) is 0 Å². The minimum Gasteiger partial charge on any atom is -0.395 e. The fourth-order valence-corrected chi connectivity index (χ4v) is 1.29. The van der Waals surface area contributed by atoms with Crippen LogP contribution < -0.4 is 5.32 Å². The van der Waals surface area contributed by atoms with Crippen LogP contribution in [0.1, 0.15) is 19.8 Å². The van der Waals surface area contributed by atoms with Gasteiger partial charge in [0.25, 0.3) is 0 Å². The number of aliphatic hydroxyl groups excluding tert-OH is 1. The molecule has 0 spiro atoms. The van der Waals surface area contributed by atoms with Gasteiger partial charge in [0.2, 0.25) is 5.91 Å². The molecule has 1 saturated heterocycles. The zero-order valence-electron chi connectivity index (χ0n) is 7.25. The number of nitrogens with one attached hydrogen (secondary N) is 1. The normalized spacial score (nSPS) is 28.8. The Morgan fingerprint density at radius 2 is 2.42 bits per heavy atom. The maximum atomic E-state index is 11.2. The molecule has 70 valence electrons. The Hall–Kier alpha value is -0.610. The van der Waals surface area contributed by atoms with Gasteiger partial charge < -0.3 is 15.2 Å². The van der Waals surface area contributed by atoms with E-state index >= 15 is 0 Å². The summed E-state index contributed by atoms with van der Waals surface area (Å²) in [5.41, 5.74) is 0. The van der Waals surface area contributed by atoms with E-state index in [1.807, 2.05) is 6.92 Å². The second kappa shape index (κ2) is 4.42. The quantitative estimate of drug-likeness (QED) is 0.614. The Morgan fingerprint density at radius 1 is 1.67 bits per heavy atom. The monoisotopic (exact) mass is 173 g/mol. The van der Waals surface area contributed by atoms with E-state index in [0.717, 1.165) is 12.8 Å². The summed E-state index contributed by atoms with van der Waals surface area (Å²) in [4.78, 5) is 11.2. The minimum absolute atomic E-state index is 0.0198. The predicted octanol–water partition coefficient (Wildman–Crippen LogP) is -0.338. The molecule has 2 N–H and O–H groups in total. The number of amides is 1. The first-order valence-electron chi connectivity index (χ1n) is 4.28. The maximum Gasteiger partial charge on any atom is 0.249 e. The van der Waals surface area contributed by atoms with Gasteiger partial charge in [-0.25, -0.2) is 0 Å².